The van der Waals surface area contributed by atoms with Crippen LogP contribution in [0.25, 0.3) is 0 Å². The largest absolute Gasteiger partial charge is 0.462 e. The number of ether oxygens (including phenoxy) is 4. The first-order valence-corrected chi connectivity index (χ1v) is 14.3. The summed E-state index contributed by atoms with van der Waals surface area (Å²) in [5.41, 5.74) is -0.537. The number of carbonyl (C=O) groups is 4. The van der Waals surface area contributed by atoms with Gasteiger partial charge in [0, 0.05) is 0 Å². The van der Waals surface area contributed by atoms with Crippen LogP contribution in [0.15, 0.2) is 12.1 Å². The lowest BCUT2D eigenvalue weighted by Crippen LogP contribution is -2.21. The van der Waals surface area contributed by atoms with Crippen LogP contribution < -0.4 is 0 Å². The molecule has 0 amide bonds. The summed E-state index contributed by atoms with van der Waals surface area (Å²) in [5.74, 6) is -3.04. The highest BCUT2D eigenvalue weighted by Gasteiger charge is 2.28. The molecule has 0 aromatic heterocycles. The zero-order chi connectivity index (χ0) is 28.2. The van der Waals surface area contributed by atoms with Crippen molar-refractivity contribution in [2.75, 3.05) is 26.4 Å². The summed E-state index contributed by atoms with van der Waals surface area (Å²) in [7, 11) is 0. The first-order chi connectivity index (χ1) is 18.4. The molecule has 0 unspecified atom stereocenters. The Morgan fingerprint density at radius 1 is 0.421 bits per heavy atom. The van der Waals surface area contributed by atoms with Crippen molar-refractivity contribution in [1.82, 2.24) is 0 Å². The fourth-order valence-electron chi connectivity index (χ4n) is 3.65. The van der Waals surface area contributed by atoms with Gasteiger partial charge in [0.1, 0.15) is 0 Å². The second-order valence-corrected chi connectivity index (χ2v) is 9.32. The van der Waals surface area contributed by atoms with Crippen LogP contribution in [0.4, 0.5) is 0 Å². The second-order valence-electron chi connectivity index (χ2n) is 9.32. The van der Waals surface area contributed by atoms with Gasteiger partial charge < -0.3 is 18.9 Å². The van der Waals surface area contributed by atoms with Crippen LogP contribution in [0, 0.1) is 0 Å². The number of unbranched alkanes of at least 4 members (excludes halogenated alkanes) is 8. The van der Waals surface area contributed by atoms with E-state index in [9.17, 15) is 19.2 Å². The fourth-order valence-corrected chi connectivity index (χ4v) is 3.65. The molecule has 1 aromatic carbocycles. The third-order valence-electron chi connectivity index (χ3n) is 5.96. The first kappa shape index (κ1) is 33.1. The standard InChI is InChI=1S/C30H46O8/c1-5-9-13-17-35-27(31)23-21-25(29(33)37-19-15-11-7-3)26(30(34)38-20-16-12-8-4)22-24(23)28(32)36-18-14-10-6-2/h21-22H,5-20H2,1-4H3. The molecule has 8 nitrogen and oxygen atoms in total. The maximum Gasteiger partial charge on any atom is 0.339 e. The van der Waals surface area contributed by atoms with E-state index in [0.717, 1.165) is 51.4 Å². The van der Waals surface area contributed by atoms with Crippen molar-refractivity contribution in [1.29, 1.82) is 0 Å². The molecule has 0 heterocycles. The average molecular weight is 535 g/mol. The highest BCUT2D eigenvalue weighted by Crippen LogP contribution is 2.23. The molecule has 1 rings (SSSR count). The molecule has 0 saturated carbocycles. The van der Waals surface area contributed by atoms with Gasteiger partial charge in [0.2, 0.25) is 0 Å². The Hall–Kier alpha value is -2.90. The molecule has 0 aliphatic carbocycles. The normalized spacial score (nSPS) is 10.6. The first-order valence-electron chi connectivity index (χ1n) is 14.3. The lowest BCUT2D eigenvalue weighted by atomic mass is 9.97. The van der Waals surface area contributed by atoms with E-state index < -0.39 is 23.9 Å². The molecular formula is C30H46O8. The Kier molecular flexibility index (Phi) is 17.5. The summed E-state index contributed by atoms with van der Waals surface area (Å²) in [6.07, 6.45) is 10.1. The van der Waals surface area contributed by atoms with Gasteiger partial charge in [-0.2, -0.15) is 0 Å². The molecular weight excluding hydrogens is 488 g/mol. The third kappa shape index (κ3) is 12.1. The van der Waals surface area contributed by atoms with Gasteiger partial charge in [-0.3, -0.25) is 0 Å². The molecule has 0 radical (unpaired) electrons. The lowest BCUT2D eigenvalue weighted by molar-refractivity contribution is 0.0435. The molecule has 0 N–H and O–H groups in total. The maximum atomic E-state index is 13.0. The summed E-state index contributed by atoms with van der Waals surface area (Å²) in [5, 5.41) is 0. The SMILES string of the molecule is CCCCCOC(=O)c1cc(C(=O)OCCCCC)c(C(=O)OCCCCC)cc1C(=O)OCCCCC. The van der Waals surface area contributed by atoms with Crippen molar-refractivity contribution in [2.45, 2.75) is 105 Å². The number of benzene rings is 1. The Balaban J connectivity index is 3.39. The highest BCUT2D eigenvalue weighted by molar-refractivity contribution is 6.10. The van der Waals surface area contributed by atoms with Crippen molar-refractivity contribution in [3.63, 3.8) is 0 Å². The minimum absolute atomic E-state index is 0.134. The van der Waals surface area contributed by atoms with E-state index >= 15 is 0 Å². The predicted octanol–water partition coefficient (Wildman–Crippen LogP) is 7.07. The van der Waals surface area contributed by atoms with Gasteiger partial charge >= 0.3 is 23.9 Å². The van der Waals surface area contributed by atoms with Crippen molar-refractivity contribution in [3.05, 3.63) is 34.4 Å². The van der Waals surface area contributed by atoms with Gasteiger partial charge in [-0.05, 0) is 37.8 Å². The molecule has 0 saturated heterocycles. The van der Waals surface area contributed by atoms with Gasteiger partial charge in [-0.15, -0.1) is 0 Å². The molecule has 0 aliphatic heterocycles. The van der Waals surface area contributed by atoms with E-state index in [-0.39, 0.29) is 48.7 Å². The van der Waals surface area contributed by atoms with Crippen LogP contribution in [0.2, 0.25) is 0 Å². The third-order valence-corrected chi connectivity index (χ3v) is 5.96. The van der Waals surface area contributed by atoms with Crippen molar-refractivity contribution < 1.29 is 38.1 Å². The zero-order valence-corrected chi connectivity index (χ0v) is 23.7. The van der Waals surface area contributed by atoms with Crippen LogP contribution >= 0.6 is 0 Å². The van der Waals surface area contributed by atoms with Gasteiger partial charge in [-0.1, -0.05) is 79.1 Å². The van der Waals surface area contributed by atoms with Crippen LogP contribution in [0.3, 0.4) is 0 Å². The molecule has 0 aliphatic rings. The van der Waals surface area contributed by atoms with Gasteiger partial charge in [0.15, 0.2) is 0 Å². The van der Waals surface area contributed by atoms with Gasteiger partial charge in [0.05, 0.1) is 48.7 Å². The Morgan fingerprint density at radius 3 is 0.816 bits per heavy atom. The lowest BCUT2D eigenvalue weighted by Gasteiger charge is -2.15. The summed E-state index contributed by atoms with van der Waals surface area (Å²) >= 11 is 0. The Bertz CT molecular complexity index is 739. The molecule has 8 heteroatoms. The Labute approximate surface area is 227 Å². The summed E-state index contributed by atoms with van der Waals surface area (Å²) in [6.45, 7) is 8.84. The van der Waals surface area contributed by atoms with Crippen molar-refractivity contribution in [2.24, 2.45) is 0 Å². The Morgan fingerprint density at radius 2 is 0.632 bits per heavy atom. The number of rotatable bonds is 20. The minimum Gasteiger partial charge on any atom is -0.462 e. The van der Waals surface area contributed by atoms with E-state index in [0.29, 0.717) is 25.7 Å². The molecule has 1 aromatic rings. The molecule has 0 atom stereocenters. The van der Waals surface area contributed by atoms with Crippen molar-refractivity contribution in [3.8, 4) is 0 Å². The van der Waals surface area contributed by atoms with Gasteiger partial charge in [0.25, 0.3) is 0 Å². The highest BCUT2D eigenvalue weighted by atomic mass is 16.5. The number of carbonyl (C=O) groups excluding carboxylic acids is 4. The predicted molar refractivity (Wildman–Crippen MR) is 146 cm³/mol. The number of hydrogen-bond donors (Lipinski definition) is 0. The smallest absolute Gasteiger partial charge is 0.339 e. The summed E-state index contributed by atoms with van der Waals surface area (Å²) < 4.78 is 21.6. The van der Waals surface area contributed by atoms with Crippen LogP contribution in [-0.2, 0) is 18.9 Å². The quantitative estimate of drug-likeness (QED) is 0.0993. The van der Waals surface area contributed by atoms with Crippen LogP contribution in [0.5, 0.6) is 0 Å². The van der Waals surface area contributed by atoms with E-state index in [2.05, 4.69) is 0 Å². The minimum atomic E-state index is -0.760. The summed E-state index contributed by atoms with van der Waals surface area (Å²) in [4.78, 5) is 52.0. The molecule has 38 heavy (non-hydrogen) atoms. The number of esters is 4. The zero-order valence-electron chi connectivity index (χ0n) is 23.7. The maximum absolute atomic E-state index is 13.0. The molecule has 0 spiro atoms. The summed E-state index contributed by atoms with van der Waals surface area (Å²) in [6, 6.07) is 2.41. The average Bonchev–Trinajstić information content (AvgIpc) is 2.92. The fraction of sp³-hybridized carbons (Fsp3) is 0.667. The molecule has 0 fully saturated rings. The van der Waals surface area contributed by atoms with E-state index in [1.54, 1.807) is 0 Å². The second kappa shape index (κ2) is 20.1. The van der Waals surface area contributed by atoms with Crippen LogP contribution in [0.1, 0.15) is 146 Å². The monoisotopic (exact) mass is 534 g/mol. The van der Waals surface area contributed by atoms with E-state index in [1.165, 1.54) is 12.1 Å². The van der Waals surface area contributed by atoms with Crippen LogP contribution in [-0.4, -0.2) is 50.3 Å². The molecule has 214 valence electrons. The van der Waals surface area contributed by atoms with Gasteiger partial charge in [-0.25, -0.2) is 19.2 Å². The van der Waals surface area contributed by atoms with E-state index in [4.69, 9.17) is 18.9 Å². The number of hydrogen-bond acceptors (Lipinski definition) is 8. The topological polar surface area (TPSA) is 105 Å². The van der Waals surface area contributed by atoms with E-state index in [1.807, 2.05) is 27.7 Å². The van der Waals surface area contributed by atoms with Crippen molar-refractivity contribution >= 4 is 23.9 Å². The molecule has 0 bridgehead atoms.